The third-order valence-electron chi connectivity index (χ3n) is 6.65. The van der Waals surface area contributed by atoms with Gasteiger partial charge in [-0.2, -0.15) is 13.2 Å². The van der Waals surface area contributed by atoms with E-state index in [1.807, 2.05) is 26.0 Å². The first-order valence-electron chi connectivity index (χ1n) is 13.1. The van der Waals surface area contributed by atoms with Crippen LogP contribution in [0, 0.1) is 6.92 Å². The minimum atomic E-state index is -4.48. The molecule has 1 aromatic heterocycles. The van der Waals surface area contributed by atoms with Crippen LogP contribution in [-0.2, 0) is 15.7 Å². The third-order valence-corrected chi connectivity index (χ3v) is 6.65. The lowest BCUT2D eigenvalue weighted by Gasteiger charge is -2.25. The Kier molecular flexibility index (Phi) is 8.18. The zero-order valence-electron chi connectivity index (χ0n) is 23.1. The van der Waals surface area contributed by atoms with Gasteiger partial charge in [-0.15, -0.1) is 0 Å². The van der Waals surface area contributed by atoms with Crippen LogP contribution in [0.15, 0.2) is 48.7 Å². The molecule has 3 aromatic rings. The van der Waals surface area contributed by atoms with Gasteiger partial charge < -0.3 is 14.8 Å². The van der Waals surface area contributed by atoms with Gasteiger partial charge in [0.15, 0.2) is 11.4 Å². The van der Waals surface area contributed by atoms with Gasteiger partial charge in [0.25, 0.3) is 5.91 Å². The molecule has 1 aliphatic rings. The van der Waals surface area contributed by atoms with Crippen molar-refractivity contribution < 1.29 is 32.2 Å². The average Bonchev–Trinajstić information content (AvgIpc) is 3.74. The highest BCUT2D eigenvalue weighted by molar-refractivity contribution is 5.95. The van der Waals surface area contributed by atoms with E-state index in [9.17, 15) is 22.8 Å². The van der Waals surface area contributed by atoms with E-state index >= 15 is 0 Å². The lowest BCUT2D eigenvalue weighted by atomic mass is 10.0. The Hall–Kier alpha value is -3.95. The smallest absolute Gasteiger partial charge is 0.416 e. The van der Waals surface area contributed by atoms with Crippen LogP contribution < -0.4 is 10.1 Å². The van der Waals surface area contributed by atoms with Crippen LogP contribution in [0.25, 0.3) is 11.4 Å². The molecule has 1 aliphatic carbocycles. The monoisotopic (exact) mass is 555 g/mol. The molecule has 0 radical (unpaired) electrons. The summed E-state index contributed by atoms with van der Waals surface area (Å²) in [4.78, 5) is 34.2. The number of aromatic nitrogens is 2. The van der Waals surface area contributed by atoms with Crippen LogP contribution in [-0.4, -0.2) is 34.1 Å². The van der Waals surface area contributed by atoms with Crippen LogP contribution in [0.4, 0.5) is 13.2 Å². The molecule has 1 atom stereocenters. The van der Waals surface area contributed by atoms with Crippen LogP contribution in [0.5, 0.6) is 5.75 Å². The van der Waals surface area contributed by atoms with Crippen LogP contribution in [0.3, 0.4) is 0 Å². The van der Waals surface area contributed by atoms with Crippen molar-refractivity contribution in [3.05, 3.63) is 76.6 Å². The third kappa shape index (κ3) is 6.60. The van der Waals surface area contributed by atoms with E-state index in [0.717, 1.165) is 36.1 Å². The maximum atomic E-state index is 13.3. The molecule has 0 aliphatic heterocycles. The maximum Gasteiger partial charge on any atom is 0.416 e. The fraction of sp³-hybridized carbons (Fsp3) is 0.400. The molecule has 1 amide bonds. The highest BCUT2D eigenvalue weighted by atomic mass is 19.4. The maximum absolute atomic E-state index is 13.3. The van der Waals surface area contributed by atoms with Gasteiger partial charge >= 0.3 is 12.1 Å². The fourth-order valence-electron chi connectivity index (χ4n) is 4.25. The van der Waals surface area contributed by atoms with E-state index in [1.165, 1.54) is 18.3 Å². The van der Waals surface area contributed by atoms with Gasteiger partial charge in [0.1, 0.15) is 5.75 Å². The van der Waals surface area contributed by atoms with Gasteiger partial charge in [-0.1, -0.05) is 24.3 Å². The molecule has 40 heavy (non-hydrogen) atoms. The van der Waals surface area contributed by atoms with Gasteiger partial charge in [0.2, 0.25) is 0 Å². The molecule has 1 heterocycles. The number of rotatable bonds is 9. The topological polar surface area (TPSA) is 90.4 Å². The van der Waals surface area contributed by atoms with E-state index in [0.29, 0.717) is 17.0 Å². The largest absolute Gasteiger partial charge is 0.476 e. The Morgan fingerprint density at radius 1 is 1.12 bits per heavy atom. The molecule has 0 bridgehead atoms. The van der Waals surface area contributed by atoms with Gasteiger partial charge in [-0.3, -0.25) is 4.79 Å². The van der Waals surface area contributed by atoms with Gasteiger partial charge in [-0.25, -0.2) is 14.8 Å². The number of amides is 1. The first kappa shape index (κ1) is 29.0. The first-order valence-corrected chi connectivity index (χ1v) is 13.1. The molecule has 10 heteroatoms. The molecule has 1 unspecified atom stereocenters. The second-order valence-electron chi connectivity index (χ2n) is 10.4. The van der Waals surface area contributed by atoms with Crippen molar-refractivity contribution in [2.24, 2.45) is 0 Å². The Labute approximate surface area is 231 Å². The summed E-state index contributed by atoms with van der Waals surface area (Å²) in [5, 5.41) is 2.97. The minimum Gasteiger partial charge on any atom is -0.476 e. The Morgan fingerprint density at radius 3 is 2.48 bits per heavy atom. The van der Waals surface area contributed by atoms with Crippen molar-refractivity contribution in [3.63, 3.8) is 0 Å². The second-order valence-corrected chi connectivity index (χ2v) is 10.4. The van der Waals surface area contributed by atoms with E-state index in [1.54, 1.807) is 26.8 Å². The fourth-order valence-corrected chi connectivity index (χ4v) is 4.25. The quantitative estimate of drug-likeness (QED) is 0.301. The molecule has 0 saturated heterocycles. The number of esters is 1. The van der Waals surface area contributed by atoms with E-state index in [2.05, 4.69) is 15.3 Å². The lowest BCUT2D eigenvalue weighted by Crippen LogP contribution is -2.39. The zero-order valence-corrected chi connectivity index (χ0v) is 23.1. The summed E-state index contributed by atoms with van der Waals surface area (Å²) >= 11 is 0. The van der Waals surface area contributed by atoms with Crippen molar-refractivity contribution in [1.29, 1.82) is 0 Å². The van der Waals surface area contributed by atoms with Crippen molar-refractivity contribution in [1.82, 2.24) is 15.3 Å². The summed E-state index contributed by atoms with van der Waals surface area (Å²) in [6.07, 6.45) is -1.40. The van der Waals surface area contributed by atoms with Gasteiger partial charge in [0.05, 0.1) is 29.5 Å². The number of carbonyl (C=O) groups excluding carboxylic acids is 2. The standard InChI is InChI=1S/C30H32F3N3O4/c1-6-39-28(38)29(4,5)40-24-13-12-20(14-17(24)2)18(3)35-27(37)23-16-34-26(36-25(23)19-10-11-19)21-8-7-9-22(15-21)30(31,32)33/h7-9,12-16,18-19H,6,10-11H2,1-5H3,(H,35,37). The van der Waals surface area contributed by atoms with Crippen LogP contribution in [0.2, 0.25) is 0 Å². The molecule has 1 N–H and O–H groups in total. The number of halogens is 3. The SMILES string of the molecule is CCOC(=O)C(C)(C)Oc1ccc(C(C)NC(=O)c2cnc(-c3cccc(C(F)(F)F)c3)nc2C2CC2)cc1C. The number of ether oxygens (including phenoxy) is 2. The number of aryl methyl sites for hydroxylation is 1. The highest BCUT2D eigenvalue weighted by Crippen LogP contribution is 2.41. The zero-order chi connectivity index (χ0) is 29.2. The molecular weight excluding hydrogens is 523 g/mol. The molecule has 212 valence electrons. The average molecular weight is 556 g/mol. The Morgan fingerprint density at radius 2 is 1.85 bits per heavy atom. The lowest BCUT2D eigenvalue weighted by molar-refractivity contribution is -0.158. The summed E-state index contributed by atoms with van der Waals surface area (Å²) in [6.45, 7) is 8.94. The molecule has 4 rings (SSSR count). The van der Waals surface area contributed by atoms with Crippen molar-refractivity contribution in [3.8, 4) is 17.1 Å². The van der Waals surface area contributed by atoms with Crippen molar-refractivity contribution in [2.75, 3.05) is 6.61 Å². The number of alkyl halides is 3. The van der Waals surface area contributed by atoms with Gasteiger partial charge in [-0.05, 0) is 76.8 Å². The molecule has 7 nitrogen and oxygen atoms in total. The summed E-state index contributed by atoms with van der Waals surface area (Å²) in [7, 11) is 0. The summed E-state index contributed by atoms with van der Waals surface area (Å²) < 4.78 is 50.6. The van der Waals surface area contributed by atoms with Crippen LogP contribution in [0.1, 0.15) is 85.2 Å². The molecule has 1 saturated carbocycles. The number of benzene rings is 2. The minimum absolute atomic E-state index is 0.0602. The Balaban J connectivity index is 1.51. The summed E-state index contributed by atoms with van der Waals surface area (Å²) in [5.41, 5.74) is 0.729. The number of hydrogen-bond donors (Lipinski definition) is 1. The van der Waals surface area contributed by atoms with Gasteiger partial charge in [0, 0.05) is 17.7 Å². The molecular formula is C30H32F3N3O4. The van der Waals surface area contributed by atoms with Crippen LogP contribution >= 0.6 is 0 Å². The number of hydrogen-bond acceptors (Lipinski definition) is 6. The first-order chi connectivity index (χ1) is 18.8. The normalized spacial score (nSPS) is 14.4. The van der Waals surface area contributed by atoms with E-state index in [-0.39, 0.29) is 35.9 Å². The van der Waals surface area contributed by atoms with Crippen molar-refractivity contribution >= 4 is 11.9 Å². The predicted molar refractivity (Wildman–Crippen MR) is 143 cm³/mol. The number of carbonyl (C=O) groups is 2. The van der Waals surface area contributed by atoms with Crippen molar-refractivity contribution in [2.45, 2.75) is 71.2 Å². The number of nitrogens with zero attached hydrogens (tertiary/aromatic N) is 2. The predicted octanol–water partition coefficient (Wildman–Crippen LogP) is 6.56. The Bertz CT molecular complexity index is 1420. The molecule has 1 fully saturated rings. The highest BCUT2D eigenvalue weighted by Gasteiger charge is 2.34. The number of nitrogens with one attached hydrogen (secondary N) is 1. The summed E-state index contributed by atoms with van der Waals surface area (Å²) in [6, 6.07) is 9.89. The summed E-state index contributed by atoms with van der Waals surface area (Å²) in [5.74, 6) is -0.104. The molecule has 2 aromatic carbocycles. The molecule has 0 spiro atoms. The van der Waals surface area contributed by atoms with E-state index < -0.39 is 23.3 Å². The van der Waals surface area contributed by atoms with E-state index in [4.69, 9.17) is 9.47 Å². The second kappa shape index (κ2) is 11.3.